The highest BCUT2D eigenvalue weighted by Gasteiger charge is 2.07. The second kappa shape index (κ2) is 7.49. The van der Waals surface area contributed by atoms with E-state index in [1.807, 2.05) is 49.4 Å². The number of amides is 1. The average Bonchev–Trinajstić information content (AvgIpc) is 2.64. The van der Waals surface area contributed by atoms with Crippen molar-refractivity contribution in [3.05, 3.63) is 78.0 Å². The summed E-state index contributed by atoms with van der Waals surface area (Å²) in [5.41, 5.74) is 3.20. The zero-order valence-electron chi connectivity index (χ0n) is 14.1. The molecule has 5 nitrogen and oxygen atoms in total. The van der Waals surface area contributed by atoms with Crippen LogP contribution in [0.4, 0.5) is 17.2 Å². The van der Waals surface area contributed by atoms with Crippen molar-refractivity contribution in [2.45, 2.75) is 6.92 Å². The normalized spacial score (nSPS) is 10.2. The summed E-state index contributed by atoms with van der Waals surface area (Å²) in [4.78, 5) is 16.5. The minimum atomic E-state index is -0.163. The van der Waals surface area contributed by atoms with E-state index in [1.54, 1.807) is 31.5 Å². The molecule has 0 bridgehead atoms. The largest absolute Gasteiger partial charge is 0.495 e. The van der Waals surface area contributed by atoms with Crippen molar-refractivity contribution < 1.29 is 9.53 Å². The lowest BCUT2D eigenvalue weighted by molar-refractivity contribution is 0.102. The van der Waals surface area contributed by atoms with E-state index in [0.29, 0.717) is 17.1 Å². The molecule has 25 heavy (non-hydrogen) atoms. The number of nitrogens with one attached hydrogen (secondary N) is 2. The van der Waals surface area contributed by atoms with Gasteiger partial charge in [-0.1, -0.05) is 24.3 Å². The molecule has 0 spiro atoms. The molecule has 0 unspecified atom stereocenters. The molecule has 0 fully saturated rings. The van der Waals surface area contributed by atoms with Crippen molar-refractivity contribution in [1.29, 1.82) is 0 Å². The molecule has 2 N–H and O–H groups in total. The van der Waals surface area contributed by atoms with Crippen LogP contribution in [0, 0.1) is 6.92 Å². The van der Waals surface area contributed by atoms with Crippen molar-refractivity contribution in [1.82, 2.24) is 4.98 Å². The monoisotopic (exact) mass is 333 g/mol. The lowest BCUT2D eigenvalue weighted by Crippen LogP contribution is -2.11. The number of methoxy groups -OCH3 is 1. The van der Waals surface area contributed by atoms with Crippen LogP contribution in [-0.2, 0) is 0 Å². The quantitative estimate of drug-likeness (QED) is 0.727. The van der Waals surface area contributed by atoms with Crippen LogP contribution in [0.15, 0.2) is 66.9 Å². The van der Waals surface area contributed by atoms with Crippen LogP contribution in [0.3, 0.4) is 0 Å². The van der Waals surface area contributed by atoms with Crippen molar-refractivity contribution in [3.63, 3.8) is 0 Å². The number of rotatable bonds is 5. The maximum atomic E-state index is 12.1. The molecule has 0 aliphatic rings. The Morgan fingerprint density at radius 3 is 2.52 bits per heavy atom. The van der Waals surface area contributed by atoms with Gasteiger partial charge in [-0.05, 0) is 48.9 Å². The molecule has 3 aromatic rings. The molecule has 0 aliphatic heterocycles. The molecule has 5 heteroatoms. The molecule has 1 heterocycles. The maximum absolute atomic E-state index is 12.1. The number of nitrogens with zero attached hydrogens (tertiary/aromatic N) is 1. The standard InChI is InChI=1S/C20H19N3O2/c1-14-8-10-18(25-2)17(12-14)23-19-11-9-16(13-21-19)22-20(24)15-6-4-3-5-7-15/h3-13H,1-2H3,(H,21,23)(H,22,24). The second-order valence-corrected chi connectivity index (χ2v) is 5.58. The Morgan fingerprint density at radius 2 is 1.84 bits per heavy atom. The lowest BCUT2D eigenvalue weighted by Gasteiger charge is -2.12. The zero-order valence-corrected chi connectivity index (χ0v) is 14.1. The SMILES string of the molecule is COc1ccc(C)cc1Nc1ccc(NC(=O)c2ccccc2)cn1. The van der Waals surface area contributed by atoms with Crippen LogP contribution < -0.4 is 15.4 Å². The average molecular weight is 333 g/mol. The first-order valence-corrected chi connectivity index (χ1v) is 7.90. The van der Waals surface area contributed by atoms with Crippen molar-refractivity contribution >= 4 is 23.1 Å². The topological polar surface area (TPSA) is 63.2 Å². The highest BCUT2D eigenvalue weighted by molar-refractivity contribution is 6.04. The number of pyridine rings is 1. The molecule has 3 rings (SSSR count). The van der Waals surface area contributed by atoms with Gasteiger partial charge in [-0.3, -0.25) is 4.79 Å². The highest BCUT2D eigenvalue weighted by atomic mass is 16.5. The number of benzene rings is 2. The van der Waals surface area contributed by atoms with Gasteiger partial charge in [-0.25, -0.2) is 4.98 Å². The Labute approximate surface area is 146 Å². The Balaban J connectivity index is 1.70. The summed E-state index contributed by atoms with van der Waals surface area (Å²) in [5, 5.41) is 6.05. The smallest absolute Gasteiger partial charge is 0.255 e. The van der Waals surface area contributed by atoms with E-state index >= 15 is 0 Å². The molecular formula is C20H19N3O2. The molecule has 2 aromatic carbocycles. The molecule has 0 saturated heterocycles. The van der Waals surface area contributed by atoms with E-state index in [4.69, 9.17) is 4.74 Å². The fourth-order valence-electron chi connectivity index (χ4n) is 2.39. The number of ether oxygens (including phenoxy) is 1. The zero-order chi connectivity index (χ0) is 17.6. The van der Waals surface area contributed by atoms with Crippen LogP contribution in [0.25, 0.3) is 0 Å². The van der Waals surface area contributed by atoms with Gasteiger partial charge in [0.2, 0.25) is 0 Å². The van der Waals surface area contributed by atoms with Gasteiger partial charge in [0.05, 0.1) is 24.7 Å². The third kappa shape index (κ3) is 4.14. The van der Waals surface area contributed by atoms with Gasteiger partial charge in [-0.15, -0.1) is 0 Å². The van der Waals surface area contributed by atoms with Gasteiger partial charge >= 0.3 is 0 Å². The number of hydrogen-bond donors (Lipinski definition) is 2. The molecule has 0 saturated carbocycles. The van der Waals surface area contributed by atoms with Gasteiger partial charge in [-0.2, -0.15) is 0 Å². The van der Waals surface area contributed by atoms with E-state index in [1.165, 1.54) is 0 Å². The fraction of sp³-hybridized carbons (Fsp3) is 0.100. The van der Waals surface area contributed by atoms with Gasteiger partial charge in [0.25, 0.3) is 5.91 Å². The van der Waals surface area contributed by atoms with E-state index < -0.39 is 0 Å². The molecule has 0 radical (unpaired) electrons. The van der Waals surface area contributed by atoms with E-state index in [0.717, 1.165) is 17.0 Å². The Hall–Kier alpha value is -3.34. The first-order valence-electron chi connectivity index (χ1n) is 7.90. The predicted octanol–water partition coefficient (Wildman–Crippen LogP) is 4.39. The second-order valence-electron chi connectivity index (χ2n) is 5.58. The van der Waals surface area contributed by atoms with Crippen LogP contribution in [0.2, 0.25) is 0 Å². The number of anilines is 3. The molecule has 126 valence electrons. The van der Waals surface area contributed by atoms with Gasteiger partial charge in [0.15, 0.2) is 0 Å². The third-order valence-electron chi connectivity index (χ3n) is 3.68. The minimum absolute atomic E-state index is 0.163. The van der Waals surface area contributed by atoms with Crippen LogP contribution in [0.1, 0.15) is 15.9 Å². The predicted molar refractivity (Wildman–Crippen MR) is 99.6 cm³/mol. The van der Waals surface area contributed by atoms with E-state index in [2.05, 4.69) is 15.6 Å². The Kier molecular flexibility index (Phi) is 4.95. The number of aromatic nitrogens is 1. The van der Waals surface area contributed by atoms with Crippen LogP contribution in [-0.4, -0.2) is 18.0 Å². The van der Waals surface area contributed by atoms with Crippen molar-refractivity contribution in [3.8, 4) is 5.75 Å². The molecule has 1 amide bonds. The summed E-state index contributed by atoms with van der Waals surface area (Å²) in [5.74, 6) is 1.25. The number of aryl methyl sites for hydroxylation is 1. The minimum Gasteiger partial charge on any atom is -0.495 e. The van der Waals surface area contributed by atoms with Gasteiger partial charge in [0.1, 0.15) is 11.6 Å². The summed E-state index contributed by atoms with van der Waals surface area (Å²) >= 11 is 0. The third-order valence-corrected chi connectivity index (χ3v) is 3.68. The van der Waals surface area contributed by atoms with Crippen molar-refractivity contribution in [2.75, 3.05) is 17.7 Å². The number of hydrogen-bond acceptors (Lipinski definition) is 4. The molecule has 0 atom stereocenters. The summed E-state index contributed by atoms with van der Waals surface area (Å²) in [7, 11) is 1.63. The maximum Gasteiger partial charge on any atom is 0.255 e. The number of carbonyl (C=O) groups is 1. The summed E-state index contributed by atoms with van der Waals surface area (Å²) in [6.45, 7) is 2.01. The first-order chi connectivity index (χ1) is 12.2. The first kappa shape index (κ1) is 16.5. The van der Waals surface area contributed by atoms with Gasteiger partial charge < -0.3 is 15.4 Å². The molecule has 1 aromatic heterocycles. The number of carbonyl (C=O) groups excluding carboxylic acids is 1. The molecular weight excluding hydrogens is 314 g/mol. The Bertz CT molecular complexity index is 862. The summed E-state index contributed by atoms with van der Waals surface area (Å²) in [6, 6.07) is 18.6. The lowest BCUT2D eigenvalue weighted by atomic mass is 10.2. The highest BCUT2D eigenvalue weighted by Crippen LogP contribution is 2.28. The van der Waals surface area contributed by atoms with Gasteiger partial charge in [0, 0.05) is 5.56 Å². The van der Waals surface area contributed by atoms with Crippen LogP contribution >= 0.6 is 0 Å². The summed E-state index contributed by atoms with van der Waals surface area (Å²) in [6.07, 6.45) is 1.62. The fourth-order valence-corrected chi connectivity index (χ4v) is 2.39. The van der Waals surface area contributed by atoms with Crippen molar-refractivity contribution in [2.24, 2.45) is 0 Å². The summed E-state index contributed by atoms with van der Waals surface area (Å²) < 4.78 is 5.35. The molecule has 0 aliphatic carbocycles. The van der Waals surface area contributed by atoms with E-state index in [-0.39, 0.29) is 5.91 Å². The van der Waals surface area contributed by atoms with Crippen LogP contribution in [0.5, 0.6) is 5.75 Å². The van der Waals surface area contributed by atoms with E-state index in [9.17, 15) is 4.79 Å². The Morgan fingerprint density at radius 1 is 1.04 bits per heavy atom.